The molecule has 3 aromatic rings. The average molecular weight is 366 g/mol. The molecule has 0 bridgehead atoms. The fourth-order valence-corrected chi connectivity index (χ4v) is 3.14. The number of carbonyl (C=O) groups is 1. The molecule has 1 saturated heterocycles. The Labute approximate surface area is 157 Å². The van der Waals surface area contributed by atoms with Crippen LogP contribution >= 0.6 is 0 Å². The molecule has 2 aromatic heterocycles. The molecule has 3 heterocycles. The Morgan fingerprint density at radius 2 is 2.11 bits per heavy atom. The maximum atomic E-state index is 12.0. The summed E-state index contributed by atoms with van der Waals surface area (Å²) in [5.41, 5.74) is 1.04. The SMILES string of the molecule is O=C1CCCN1Cc1nc(COc2ccccc2)nn1CCc1cnc[nH]1. The monoisotopic (exact) mass is 366 g/mol. The number of carbonyl (C=O) groups excluding carboxylic acids is 1. The van der Waals surface area contributed by atoms with Crippen molar-refractivity contribution in [2.75, 3.05) is 6.54 Å². The van der Waals surface area contributed by atoms with Crippen molar-refractivity contribution in [2.45, 2.75) is 39.0 Å². The number of hydrogen-bond donors (Lipinski definition) is 1. The fraction of sp³-hybridized carbons (Fsp3) is 0.368. The Morgan fingerprint density at radius 1 is 1.22 bits per heavy atom. The van der Waals surface area contributed by atoms with Crippen molar-refractivity contribution < 1.29 is 9.53 Å². The van der Waals surface area contributed by atoms with Crippen LogP contribution in [0.5, 0.6) is 5.75 Å². The lowest BCUT2D eigenvalue weighted by Gasteiger charge is -2.15. The van der Waals surface area contributed by atoms with Crippen LogP contribution in [0.25, 0.3) is 0 Å². The molecule has 0 atom stereocenters. The number of hydrogen-bond acceptors (Lipinski definition) is 5. The van der Waals surface area contributed by atoms with E-state index in [0.717, 1.165) is 36.7 Å². The third-order valence-electron chi connectivity index (χ3n) is 4.55. The van der Waals surface area contributed by atoms with Gasteiger partial charge < -0.3 is 14.6 Å². The zero-order valence-corrected chi connectivity index (χ0v) is 15.0. The van der Waals surface area contributed by atoms with Crippen molar-refractivity contribution >= 4 is 5.91 Å². The number of nitrogens with one attached hydrogen (secondary N) is 1. The first kappa shape index (κ1) is 17.3. The summed E-state index contributed by atoms with van der Waals surface area (Å²) >= 11 is 0. The van der Waals surface area contributed by atoms with Gasteiger partial charge in [-0.05, 0) is 18.6 Å². The highest BCUT2D eigenvalue weighted by Crippen LogP contribution is 2.15. The van der Waals surface area contributed by atoms with E-state index in [1.807, 2.05) is 39.9 Å². The summed E-state index contributed by atoms with van der Waals surface area (Å²) in [6, 6.07) is 9.60. The summed E-state index contributed by atoms with van der Waals surface area (Å²) in [4.78, 5) is 25.6. The third kappa shape index (κ3) is 4.33. The minimum absolute atomic E-state index is 0.181. The number of H-pyrrole nitrogens is 1. The minimum Gasteiger partial charge on any atom is -0.486 e. The molecule has 0 spiro atoms. The minimum atomic E-state index is 0.181. The summed E-state index contributed by atoms with van der Waals surface area (Å²) in [7, 11) is 0. The van der Waals surface area contributed by atoms with Crippen LogP contribution < -0.4 is 4.74 Å². The van der Waals surface area contributed by atoms with Crippen LogP contribution in [-0.4, -0.2) is 42.1 Å². The Balaban J connectivity index is 1.47. The van der Waals surface area contributed by atoms with Crippen LogP contribution in [0.15, 0.2) is 42.9 Å². The fourth-order valence-electron chi connectivity index (χ4n) is 3.14. The first-order valence-electron chi connectivity index (χ1n) is 9.13. The maximum Gasteiger partial charge on any atom is 0.223 e. The van der Waals surface area contributed by atoms with E-state index in [2.05, 4.69) is 20.1 Å². The van der Waals surface area contributed by atoms with Crippen molar-refractivity contribution in [2.24, 2.45) is 0 Å². The maximum absolute atomic E-state index is 12.0. The molecular formula is C19H22N6O2. The number of aromatic amines is 1. The molecule has 1 aliphatic heterocycles. The Kier molecular flexibility index (Phi) is 5.13. The highest BCUT2D eigenvalue weighted by molar-refractivity contribution is 5.77. The molecule has 27 heavy (non-hydrogen) atoms. The summed E-state index contributed by atoms with van der Waals surface area (Å²) < 4.78 is 7.64. The number of likely N-dealkylation sites (tertiary alicyclic amines) is 1. The molecule has 1 fully saturated rings. The number of para-hydroxylation sites is 1. The number of aromatic nitrogens is 5. The highest BCUT2D eigenvalue weighted by atomic mass is 16.5. The molecule has 140 valence electrons. The van der Waals surface area contributed by atoms with Gasteiger partial charge in [-0.25, -0.2) is 14.6 Å². The first-order valence-corrected chi connectivity index (χ1v) is 9.13. The van der Waals surface area contributed by atoms with E-state index < -0.39 is 0 Å². The van der Waals surface area contributed by atoms with Gasteiger partial charge in [-0.2, -0.15) is 5.10 Å². The molecule has 8 heteroatoms. The zero-order chi connectivity index (χ0) is 18.5. The zero-order valence-electron chi connectivity index (χ0n) is 15.0. The highest BCUT2D eigenvalue weighted by Gasteiger charge is 2.23. The van der Waals surface area contributed by atoms with Crippen molar-refractivity contribution in [3.63, 3.8) is 0 Å². The largest absolute Gasteiger partial charge is 0.486 e. The predicted octanol–water partition coefficient (Wildman–Crippen LogP) is 1.95. The van der Waals surface area contributed by atoms with E-state index in [0.29, 0.717) is 31.9 Å². The number of ether oxygens (including phenoxy) is 1. The first-order chi connectivity index (χ1) is 13.3. The molecule has 0 radical (unpaired) electrons. The van der Waals surface area contributed by atoms with Gasteiger partial charge in [-0.1, -0.05) is 18.2 Å². The number of benzene rings is 1. The van der Waals surface area contributed by atoms with E-state index in [1.54, 1.807) is 12.5 Å². The molecule has 8 nitrogen and oxygen atoms in total. The molecule has 1 N–H and O–H groups in total. The second kappa shape index (κ2) is 8.03. The second-order valence-electron chi connectivity index (χ2n) is 6.51. The van der Waals surface area contributed by atoms with Crippen LogP contribution in [0, 0.1) is 0 Å². The van der Waals surface area contributed by atoms with Crippen molar-refractivity contribution in [1.82, 2.24) is 29.6 Å². The molecule has 1 aliphatic rings. The molecule has 0 unspecified atom stereocenters. The second-order valence-corrected chi connectivity index (χ2v) is 6.51. The van der Waals surface area contributed by atoms with Gasteiger partial charge in [-0.3, -0.25) is 4.79 Å². The van der Waals surface area contributed by atoms with Gasteiger partial charge in [0.05, 0.1) is 12.9 Å². The van der Waals surface area contributed by atoms with E-state index in [1.165, 1.54) is 0 Å². The molecule has 0 aliphatic carbocycles. The standard InChI is InChI=1S/C19H22N6O2/c26-19-7-4-9-24(19)12-18-22-17(13-27-16-5-2-1-3-6-16)23-25(18)10-8-15-11-20-14-21-15/h1-3,5-6,11,14H,4,7-10,12-13H2,(H,20,21). The lowest BCUT2D eigenvalue weighted by molar-refractivity contribution is -0.128. The Hall–Kier alpha value is -3.16. The van der Waals surface area contributed by atoms with Crippen LogP contribution in [0.3, 0.4) is 0 Å². The molecule has 1 aromatic carbocycles. The number of nitrogens with zero attached hydrogens (tertiary/aromatic N) is 5. The molecular weight excluding hydrogens is 344 g/mol. The Bertz CT molecular complexity index is 875. The quantitative estimate of drug-likeness (QED) is 0.658. The topological polar surface area (TPSA) is 88.9 Å². The van der Waals surface area contributed by atoms with Crippen LogP contribution in [0.2, 0.25) is 0 Å². The number of amides is 1. The van der Waals surface area contributed by atoms with Gasteiger partial charge in [0.25, 0.3) is 0 Å². The normalized spacial score (nSPS) is 14.1. The van der Waals surface area contributed by atoms with Gasteiger partial charge in [0, 0.05) is 37.8 Å². The van der Waals surface area contributed by atoms with Gasteiger partial charge in [0.1, 0.15) is 18.2 Å². The number of imidazole rings is 1. The lowest BCUT2D eigenvalue weighted by Crippen LogP contribution is -2.26. The van der Waals surface area contributed by atoms with Crippen molar-refractivity contribution in [3.05, 3.63) is 60.2 Å². The summed E-state index contributed by atoms with van der Waals surface area (Å²) in [5, 5.41) is 4.60. The average Bonchev–Trinajstić information content (AvgIpc) is 3.42. The summed E-state index contributed by atoms with van der Waals surface area (Å²) in [5.74, 6) is 2.37. The van der Waals surface area contributed by atoms with Gasteiger partial charge >= 0.3 is 0 Å². The van der Waals surface area contributed by atoms with Crippen LogP contribution in [0.1, 0.15) is 30.2 Å². The van der Waals surface area contributed by atoms with Crippen LogP contribution in [-0.2, 0) is 30.9 Å². The molecule has 0 saturated carbocycles. The molecule has 1 amide bonds. The van der Waals surface area contributed by atoms with Gasteiger partial charge in [0.15, 0.2) is 5.82 Å². The summed E-state index contributed by atoms with van der Waals surface area (Å²) in [6.45, 7) is 2.22. The van der Waals surface area contributed by atoms with Crippen LogP contribution in [0.4, 0.5) is 0 Å². The number of aryl methyl sites for hydroxylation is 2. The Morgan fingerprint density at radius 3 is 2.85 bits per heavy atom. The summed E-state index contributed by atoms with van der Waals surface area (Å²) in [6.07, 6.45) is 5.76. The van der Waals surface area contributed by atoms with E-state index in [4.69, 9.17) is 4.74 Å². The lowest BCUT2D eigenvalue weighted by atomic mass is 10.3. The van der Waals surface area contributed by atoms with Gasteiger partial charge in [-0.15, -0.1) is 0 Å². The third-order valence-corrected chi connectivity index (χ3v) is 4.55. The van der Waals surface area contributed by atoms with E-state index >= 15 is 0 Å². The number of rotatable bonds is 8. The van der Waals surface area contributed by atoms with E-state index in [9.17, 15) is 4.79 Å². The predicted molar refractivity (Wildman–Crippen MR) is 97.7 cm³/mol. The van der Waals surface area contributed by atoms with Crippen molar-refractivity contribution in [3.8, 4) is 5.75 Å². The van der Waals surface area contributed by atoms with E-state index in [-0.39, 0.29) is 5.91 Å². The smallest absolute Gasteiger partial charge is 0.223 e. The van der Waals surface area contributed by atoms with Gasteiger partial charge in [0.2, 0.25) is 5.91 Å². The molecule has 4 rings (SSSR count). The van der Waals surface area contributed by atoms with Crippen molar-refractivity contribution in [1.29, 1.82) is 0 Å².